The lowest BCUT2D eigenvalue weighted by Crippen LogP contribution is -2.42. The molecule has 1 aliphatic rings. The van der Waals surface area contributed by atoms with Crippen LogP contribution in [0.2, 0.25) is 0 Å². The van der Waals surface area contributed by atoms with Gasteiger partial charge in [-0.2, -0.15) is 0 Å². The van der Waals surface area contributed by atoms with Gasteiger partial charge in [-0.05, 0) is 12.1 Å². The van der Waals surface area contributed by atoms with E-state index in [9.17, 15) is 21.9 Å². The summed E-state index contributed by atoms with van der Waals surface area (Å²) in [5.74, 6) is -0.423. The highest BCUT2D eigenvalue weighted by atomic mass is 32.2. The predicted octanol–water partition coefficient (Wildman–Crippen LogP) is -0.860. The molecule has 1 heterocycles. The molecule has 0 aromatic heterocycles. The van der Waals surface area contributed by atoms with Gasteiger partial charge in [0.2, 0.25) is 10.0 Å². The van der Waals surface area contributed by atoms with E-state index in [0.29, 0.717) is 5.75 Å². The molecule has 2 N–H and O–H groups in total. The SMILES string of the molecule is COc1ccc(S(=O)(=O)N[C@H]2CS(=O)(=O)C[C@@H]2O)c(OC)c1. The van der Waals surface area contributed by atoms with Crippen molar-refractivity contribution in [1.82, 2.24) is 4.72 Å². The molecule has 22 heavy (non-hydrogen) atoms. The molecule has 2 atom stereocenters. The number of aliphatic hydroxyl groups excluding tert-OH is 1. The highest BCUT2D eigenvalue weighted by molar-refractivity contribution is 7.92. The van der Waals surface area contributed by atoms with E-state index < -0.39 is 43.5 Å². The van der Waals surface area contributed by atoms with Crippen LogP contribution in [0.5, 0.6) is 11.5 Å². The van der Waals surface area contributed by atoms with Gasteiger partial charge >= 0.3 is 0 Å². The number of rotatable bonds is 5. The predicted molar refractivity (Wildman–Crippen MR) is 78.3 cm³/mol. The molecule has 10 heteroatoms. The van der Waals surface area contributed by atoms with Crippen LogP contribution in [0.1, 0.15) is 0 Å². The zero-order valence-corrected chi connectivity index (χ0v) is 13.6. The molecule has 0 radical (unpaired) electrons. The second kappa shape index (κ2) is 6.03. The molecule has 124 valence electrons. The smallest absolute Gasteiger partial charge is 0.244 e. The summed E-state index contributed by atoms with van der Waals surface area (Å²) < 4.78 is 59.9. The van der Waals surface area contributed by atoms with E-state index >= 15 is 0 Å². The summed E-state index contributed by atoms with van der Waals surface area (Å²) in [6.07, 6.45) is -1.27. The minimum atomic E-state index is -4.05. The summed E-state index contributed by atoms with van der Waals surface area (Å²) in [6.45, 7) is 0. The maximum atomic E-state index is 12.4. The molecule has 0 bridgehead atoms. The number of aliphatic hydroxyl groups is 1. The van der Waals surface area contributed by atoms with Gasteiger partial charge in [0.05, 0.1) is 37.9 Å². The van der Waals surface area contributed by atoms with Gasteiger partial charge in [0, 0.05) is 6.07 Å². The van der Waals surface area contributed by atoms with E-state index in [2.05, 4.69) is 4.72 Å². The maximum Gasteiger partial charge on any atom is 0.244 e. The van der Waals surface area contributed by atoms with Crippen molar-refractivity contribution in [3.05, 3.63) is 18.2 Å². The number of benzene rings is 1. The molecule has 1 saturated heterocycles. The first-order valence-electron chi connectivity index (χ1n) is 6.31. The number of ether oxygens (including phenoxy) is 2. The van der Waals surface area contributed by atoms with E-state index in [1.165, 1.54) is 32.4 Å². The summed E-state index contributed by atoms with van der Waals surface area (Å²) in [5.41, 5.74) is 0. The van der Waals surface area contributed by atoms with Crippen LogP contribution in [-0.4, -0.2) is 59.8 Å². The van der Waals surface area contributed by atoms with Crippen molar-refractivity contribution in [3.63, 3.8) is 0 Å². The average molecular weight is 351 g/mol. The lowest BCUT2D eigenvalue weighted by Gasteiger charge is -2.17. The van der Waals surface area contributed by atoms with Crippen LogP contribution >= 0.6 is 0 Å². The average Bonchev–Trinajstić information content (AvgIpc) is 2.69. The summed E-state index contributed by atoms with van der Waals surface area (Å²) >= 11 is 0. The second-order valence-electron chi connectivity index (χ2n) is 4.89. The van der Waals surface area contributed by atoms with Gasteiger partial charge in [0.15, 0.2) is 9.84 Å². The third kappa shape index (κ3) is 3.51. The maximum absolute atomic E-state index is 12.4. The van der Waals surface area contributed by atoms with E-state index in [0.717, 1.165) is 0 Å². The van der Waals surface area contributed by atoms with Gasteiger partial charge in [0.1, 0.15) is 16.4 Å². The second-order valence-corrected chi connectivity index (χ2v) is 8.73. The Labute approximate surface area is 129 Å². The quantitative estimate of drug-likeness (QED) is 0.708. The van der Waals surface area contributed by atoms with Crippen LogP contribution in [0, 0.1) is 0 Å². The van der Waals surface area contributed by atoms with Crippen LogP contribution in [-0.2, 0) is 19.9 Å². The Bertz CT molecular complexity index is 758. The topological polar surface area (TPSA) is 119 Å². The number of hydrogen-bond donors (Lipinski definition) is 2. The zero-order chi connectivity index (χ0) is 16.5. The van der Waals surface area contributed by atoms with E-state index in [-0.39, 0.29) is 10.6 Å². The van der Waals surface area contributed by atoms with Gasteiger partial charge in [-0.1, -0.05) is 0 Å². The fraction of sp³-hybridized carbons (Fsp3) is 0.500. The fourth-order valence-electron chi connectivity index (χ4n) is 2.20. The van der Waals surface area contributed by atoms with Gasteiger partial charge in [-0.3, -0.25) is 0 Å². The van der Waals surface area contributed by atoms with Gasteiger partial charge < -0.3 is 14.6 Å². The normalized spacial score (nSPS) is 24.1. The summed E-state index contributed by atoms with van der Waals surface area (Å²) in [5, 5.41) is 9.69. The third-order valence-corrected chi connectivity index (χ3v) is 6.54. The molecule has 2 rings (SSSR count). The number of methoxy groups -OCH3 is 2. The molecule has 1 aromatic carbocycles. The number of sulfone groups is 1. The van der Waals surface area contributed by atoms with Crippen molar-refractivity contribution in [2.75, 3.05) is 25.7 Å². The highest BCUT2D eigenvalue weighted by Gasteiger charge is 2.39. The Morgan fingerprint density at radius 2 is 1.91 bits per heavy atom. The van der Waals surface area contributed by atoms with Gasteiger partial charge in [0.25, 0.3) is 0 Å². The van der Waals surface area contributed by atoms with Crippen molar-refractivity contribution in [2.24, 2.45) is 0 Å². The molecule has 1 aromatic rings. The van der Waals surface area contributed by atoms with E-state index in [1.54, 1.807) is 0 Å². The Morgan fingerprint density at radius 1 is 1.23 bits per heavy atom. The van der Waals surface area contributed by atoms with Crippen LogP contribution in [0.15, 0.2) is 23.1 Å². The van der Waals surface area contributed by atoms with Crippen LogP contribution in [0.4, 0.5) is 0 Å². The van der Waals surface area contributed by atoms with Crippen molar-refractivity contribution < 1.29 is 31.4 Å². The fourth-order valence-corrected chi connectivity index (χ4v) is 5.47. The molecule has 0 saturated carbocycles. The molecular formula is C12H17NO7S2. The van der Waals surface area contributed by atoms with Gasteiger partial charge in [-0.15, -0.1) is 0 Å². The molecular weight excluding hydrogens is 334 g/mol. The van der Waals surface area contributed by atoms with Crippen LogP contribution < -0.4 is 14.2 Å². The largest absolute Gasteiger partial charge is 0.497 e. The minimum Gasteiger partial charge on any atom is -0.497 e. The van der Waals surface area contributed by atoms with E-state index in [1.807, 2.05) is 0 Å². The lowest BCUT2D eigenvalue weighted by molar-refractivity contribution is 0.176. The molecule has 8 nitrogen and oxygen atoms in total. The Kier molecular flexibility index (Phi) is 4.66. The number of nitrogens with one attached hydrogen (secondary N) is 1. The molecule has 0 unspecified atom stereocenters. The molecule has 0 aliphatic carbocycles. The monoisotopic (exact) mass is 351 g/mol. The standard InChI is InChI=1S/C12H17NO7S2/c1-19-8-3-4-12(11(5-8)20-2)22(17,18)13-9-6-21(15,16)7-10(9)14/h3-5,9-10,13-14H,6-7H2,1-2H3/t9-,10-/m0/s1. The van der Waals surface area contributed by atoms with Crippen molar-refractivity contribution in [3.8, 4) is 11.5 Å². The van der Waals surface area contributed by atoms with E-state index in [4.69, 9.17) is 9.47 Å². The number of hydrogen-bond acceptors (Lipinski definition) is 7. The first-order valence-corrected chi connectivity index (χ1v) is 9.62. The summed E-state index contributed by atoms with van der Waals surface area (Å²) in [4.78, 5) is -0.160. The molecule has 1 fully saturated rings. The Balaban J connectivity index is 2.31. The van der Waals surface area contributed by atoms with Crippen LogP contribution in [0.3, 0.4) is 0 Å². The van der Waals surface area contributed by atoms with Gasteiger partial charge in [-0.25, -0.2) is 21.6 Å². The van der Waals surface area contributed by atoms with Crippen LogP contribution in [0.25, 0.3) is 0 Å². The number of sulfonamides is 1. The Morgan fingerprint density at radius 3 is 2.41 bits per heavy atom. The lowest BCUT2D eigenvalue weighted by atomic mass is 10.2. The third-order valence-electron chi connectivity index (χ3n) is 3.29. The highest BCUT2D eigenvalue weighted by Crippen LogP contribution is 2.29. The summed E-state index contributed by atoms with van der Waals surface area (Å²) in [7, 11) is -4.76. The first kappa shape index (κ1) is 17.0. The zero-order valence-electron chi connectivity index (χ0n) is 12.0. The first-order chi connectivity index (χ1) is 10.2. The molecule has 0 spiro atoms. The Hall–Kier alpha value is -1.36. The molecule has 1 aliphatic heterocycles. The van der Waals surface area contributed by atoms with Crippen molar-refractivity contribution in [2.45, 2.75) is 17.0 Å². The van der Waals surface area contributed by atoms with Crippen molar-refractivity contribution >= 4 is 19.9 Å². The minimum absolute atomic E-state index is 0.0576. The summed E-state index contributed by atoms with van der Waals surface area (Å²) in [6, 6.07) is 3.05. The van der Waals surface area contributed by atoms with Crippen molar-refractivity contribution in [1.29, 1.82) is 0 Å². The molecule has 0 amide bonds.